The highest BCUT2D eigenvalue weighted by atomic mass is 35.5. The summed E-state index contributed by atoms with van der Waals surface area (Å²) in [6, 6.07) is 14.3. The molecule has 0 heterocycles. The minimum atomic E-state index is -0.251. The van der Waals surface area contributed by atoms with E-state index in [2.05, 4.69) is 5.32 Å². The van der Waals surface area contributed by atoms with Crippen LogP contribution >= 0.6 is 23.2 Å². The van der Waals surface area contributed by atoms with Gasteiger partial charge in [-0.2, -0.15) is 0 Å². The van der Waals surface area contributed by atoms with E-state index in [1.54, 1.807) is 18.2 Å². The molecule has 0 aliphatic carbocycles. The molecule has 1 unspecified atom stereocenters. The number of halogens is 2. The summed E-state index contributed by atoms with van der Waals surface area (Å²) in [4.78, 5) is 13.4. The number of carbonyl (C=O) groups is 1. The van der Waals surface area contributed by atoms with Gasteiger partial charge >= 0.3 is 0 Å². The number of quaternary nitrogens is 1. The third-order valence-electron chi connectivity index (χ3n) is 3.83. The summed E-state index contributed by atoms with van der Waals surface area (Å²) in [6.45, 7) is 3.10. The molecule has 2 aromatic carbocycles. The lowest BCUT2D eigenvalue weighted by Crippen LogP contribution is -3.14. The second-order valence-corrected chi connectivity index (χ2v) is 6.44. The number of hydrogen-bond acceptors (Lipinski definition) is 2. The van der Waals surface area contributed by atoms with Gasteiger partial charge < -0.3 is 15.0 Å². The van der Waals surface area contributed by atoms with E-state index >= 15 is 0 Å². The predicted octanol–water partition coefficient (Wildman–Crippen LogP) is 2.91. The van der Waals surface area contributed by atoms with Crippen molar-refractivity contribution in [2.45, 2.75) is 13.0 Å². The number of nitrogens with one attached hydrogen (secondary N) is 2. The number of carbonyl (C=O) groups excluding carboxylic acids is 1. The summed E-state index contributed by atoms with van der Waals surface area (Å²) >= 11 is 12.0. The highest BCUT2D eigenvalue weighted by Crippen LogP contribution is 2.25. The zero-order valence-corrected chi connectivity index (χ0v) is 15.2. The Kier molecular flexibility index (Phi) is 6.91. The summed E-state index contributed by atoms with van der Waals surface area (Å²) in [5.41, 5.74) is 0.523. The first-order valence-electron chi connectivity index (χ1n) is 7.73. The molecule has 0 radical (unpaired) electrons. The van der Waals surface area contributed by atoms with Crippen LogP contribution in [0, 0.1) is 0 Å². The summed E-state index contributed by atoms with van der Waals surface area (Å²) < 4.78 is 5.67. The van der Waals surface area contributed by atoms with Crippen LogP contribution in [-0.2, 0) is 4.79 Å². The molecule has 0 spiro atoms. The molecule has 0 saturated carbocycles. The maximum atomic E-state index is 12.4. The molecule has 2 rings (SSSR count). The molecule has 0 aromatic heterocycles. The van der Waals surface area contributed by atoms with E-state index < -0.39 is 0 Å². The van der Waals surface area contributed by atoms with E-state index in [9.17, 15) is 4.79 Å². The zero-order chi connectivity index (χ0) is 17.5. The first kappa shape index (κ1) is 18.6. The van der Waals surface area contributed by atoms with Crippen LogP contribution in [0.3, 0.4) is 0 Å². The van der Waals surface area contributed by atoms with E-state index in [4.69, 9.17) is 27.9 Å². The Hall–Kier alpha value is -1.75. The van der Waals surface area contributed by atoms with Gasteiger partial charge in [0.25, 0.3) is 5.91 Å². The molecular weight excluding hydrogens is 347 g/mol. The highest BCUT2D eigenvalue weighted by Gasteiger charge is 2.22. The molecule has 0 saturated heterocycles. The molecule has 0 aliphatic heterocycles. The third-order valence-corrected chi connectivity index (χ3v) is 4.39. The molecule has 2 N–H and O–H groups in total. The van der Waals surface area contributed by atoms with Crippen molar-refractivity contribution in [2.75, 3.05) is 25.5 Å². The van der Waals surface area contributed by atoms with E-state index in [1.807, 2.05) is 44.3 Å². The first-order valence-corrected chi connectivity index (χ1v) is 8.49. The highest BCUT2D eigenvalue weighted by molar-refractivity contribution is 6.35. The fraction of sp³-hybridized carbons (Fsp3) is 0.278. The molecule has 0 aliphatic rings. The molecule has 2 aromatic rings. The molecule has 24 heavy (non-hydrogen) atoms. The van der Waals surface area contributed by atoms with Gasteiger partial charge in [0.05, 0.1) is 17.8 Å². The molecule has 128 valence electrons. The van der Waals surface area contributed by atoms with E-state index in [0.717, 1.165) is 10.6 Å². The number of hydrogen-bond donors (Lipinski definition) is 2. The Bertz CT molecular complexity index is 680. The first-order chi connectivity index (χ1) is 11.5. The fourth-order valence-corrected chi connectivity index (χ4v) is 2.46. The molecule has 6 heteroatoms. The number of para-hydroxylation sites is 1. The molecule has 0 fully saturated rings. The van der Waals surface area contributed by atoms with Crippen LogP contribution in [0.1, 0.15) is 6.92 Å². The number of benzene rings is 2. The lowest BCUT2D eigenvalue weighted by Gasteiger charge is -2.21. The third kappa shape index (κ3) is 5.41. The largest absolute Gasteiger partial charge is 0.488 e. The van der Waals surface area contributed by atoms with E-state index in [-0.39, 0.29) is 11.9 Å². The number of likely N-dealkylation sites (N-methyl/N-ethyl adjacent to an activating group) is 1. The van der Waals surface area contributed by atoms with Crippen molar-refractivity contribution in [1.82, 2.24) is 0 Å². The van der Waals surface area contributed by atoms with Crippen molar-refractivity contribution in [3.8, 4) is 5.75 Å². The van der Waals surface area contributed by atoms with Gasteiger partial charge in [-0.25, -0.2) is 0 Å². The Labute approximate surface area is 152 Å². The van der Waals surface area contributed by atoms with Crippen LogP contribution in [0.4, 0.5) is 5.69 Å². The van der Waals surface area contributed by atoms with E-state index in [0.29, 0.717) is 28.9 Å². The maximum absolute atomic E-state index is 12.4. The Morgan fingerprint density at radius 1 is 1.21 bits per heavy atom. The van der Waals surface area contributed by atoms with Gasteiger partial charge in [0.15, 0.2) is 6.04 Å². The van der Waals surface area contributed by atoms with Crippen molar-refractivity contribution < 1.29 is 14.4 Å². The van der Waals surface area contributed by atoms with Gasteiger partial charge in [-0.05, 0) is 37.3 Å². The number of amides is 1. The fourth-order valence-electron chi connectivity index (χ4n) is 2.12. The quantitative estimate of drug-likeness (QED) is 0.789. The lowest BCUT2D eigenvalue weighted by atomic mass is 10.2. The Morgan fingerprint density at radius 3 is 2.62 bits per heavy atom. The minimum absolute atomic E-state index is 0.114. The normalized spacial score (nSPS) is 13.2. The lowest BCUT2D eigenvalue weighted by molar-refractivity contribution is -0.894. The maximum Gasteiger partial charge on any atom is 0.282 e. The molecule has 0 bridgehead atoms. The van der Waals surface area contributed by atoms with Gasteiger partial charge in [-0.1, -0.05) is 41.4 Å². The smallest absolute Gasteiger partial charge is 0.282 e. The molecule has 2 atom stereocenters. The van der Waals surface area contributed by atoms with Crippen LogP contribution in [0.15, 0.2) is 48.5 Å². The van der Waals surface area contributed by atoms with Crippen LogP contribution in [0.2, 0.25) is 10.0 Å². The second-order valence-electron chi connectivity index (χ2n) is 5.59. The summed E-state index contributed by atoms with van der Waals surface area (Å²) in [6.07, 6.45) is 0. The van der Waals surface area contributed by atoms with E-state index in [1.165, 1.54) is 0 Å². The van der Waals surface area contributed by atoms with Crippen LogP contribution in [0.25, 0.3) is 0 Å². The van der Waals surface area contributed by atoms with Gasteiger partial charge in [-0.3, -0.25) is 4.79 Å². The average molecular weight is 368 g/mol. The SMILES string of the molecule is C[C@H](C(=O)Nc1cc(Cl)ccc1Cl)[NH+](C)CCOc1ccccc1. The average Bonchev–Trinajstić information content (AvgIpc) is 2.58. The number of rotatable bonds is 7. The van der Waals surface area contributed by atoms with Crippen LogP contribution < -0.4 is 15.0 Å². The van der Waals surface area contributed by atoms with Gasteiger partial charge in [0.1, 0.15) is 18.9 Å². The summed E-state index contributed by atoms with van der Waals surface area (Å²) in [5.74, 6) is 0.712. The van der Waals surface area contributed by atoms with Gasteiger partial charge in [0.2, 0.25) is 0 Å². The number of anilines is 1. The van der Waals surface area contributed by atoms with Crippen molar-refractivity contribution in [3.05, 3.63) is 58.6 Å². The molecular formula is C18H21Cl2N2O2+. The molecule has 4 nitrogen and oxygen atoms in total. The topological polar surface area (TPSA) is 42.8 Å². The Balaban J connectivity index is 1.84. The standard InChI is InChI=1S/C18H20Cl2N2O2/c1-13(18(23)21-17-12-14(19)8-9-16(17)20)22(2)10-11-24-15-6-4-3-5-7-15/h3-9,12-13H,10-11H2,1-2H3,(H,21,23)/p+1/t13-/m1/s1. The predicted molar refractivity (Wildman–Crippen MR) is 98.2 cm³/mol. The molecule has 1 amide bonds. The van der Waals surface area contributed by atoms with Gasteiger partial charge in [-0.15, -0.1) is 0 Å². The van der Waals surface area contributed by atoms with Crippen molar-refractivity contribution in [1.29, 1.82) is 0 Å². The van der Waals surface area contributed by atoms with Crippen molar-refractivity contribution >= 4 is 34.8 Å². The monoisotopic (exact) mass is 367 g/mol. The zero-order valence-electron chi connectivity index (χ0n) is 13.7. The van der Waals surface area contributed by atoms with Crippen LogP contribution in [0.5, 0.6) is 5.75 Å². The Morgan fingerprint density at radius 2 is 1.92 bits per heavy atom. The number of ether oxygens (including phenoxy) is 1. The van der Waals surface area contributed by atoms with Crippen molar-refractivity contribution in [2.24, 2.45) is 0 Å². The summed E-state index contributed by atoms with van der Waals surface area (Å²) in [7, 11) is 1.96. The van der Waals surface area contributed by atoms with Gasteiger partial charge in [0, 0.05) is 5.02 Å². The van der Waals surface area contributed by atoms with Crippen molar-refractivity contribution in [3.63, 3.8) is 0 Å². The minimum Gasteiger partial charge on any atom is -0.488 e. The van der Waals surface area contributed by atoms with Crippen LogP contribution in [-0.4, -0.2) is 32.1 Å². The summed E-state index contributed by atoms with van der Waals surface area (Å²) in [5, 5.41) is 3.81. The second kappa shape index (κ2) is 8.92.